The number of ether oxygens (including phenoxy) is 1. The second-order valence-electron chi connectivity index (χ2n) is 7.68. The minimum Gasteiger partial charge on any atom is -0.497 e. The number of hydrogen-bond donors (Lipinski definition) is 2. The van der Waals surface area contributed by atoms with Gasteiger partial charge >= 0.3 is 0 Å². The van der Waals surface area contributed by atoms with Gasteiger partial charge in [-0.2, -0.15) is 4.31 Å². The highest BCUT2D eigenvalue weighted by Crippen LogP contribution is 2.25. The highest BCUT2D eigenvalue weighted by Gasteiger charge is 2.34. The van der Waals surface area contributed by atoms with Gasteiger partial charge in [0.05, 0.1) is 17.9 Å². The molecule has 2 atom stereocenters. The first-order valence-electron chi connectivity index (χ1n) is 10.4. The van der Waals surface area contributed by atoms with Crippen LogP contribution in [0.4, 0.5) is 0 Å². The first kappa shape index (κ1) is 23.7. The summed E-state index contributed by atoms with van der Waals surface area (Å²) in [6, 6.07) is 9.02. The van der Waals surface area contributed by atoms with Gasteiger partial charge in [0.1, 0.15) is 11.8 Å². The van der Waals surface area contributed by atoms with Crippen molar-refractivity contribution in [1.82, 2.24) is 19.9 Å². The molecule has 0 spiro atoms. The molecule has 10 heteroatoms. The van der Waals surface area contributed by atoms with Crippen LogP contribution in [0.2, 0.25) is 0 Å². The van der Waals surface area contributed by atoms with Gasteiger partial charge < -0.3 is 15.4 Å². The third-order valence-corrected chi connectivity index (χ3v) is 7.30. The van der Waals surface area contributed by atoms with Gasteiger partial charge in [-0.05, 0) is 61.7 Å². The summed E-state index contributed by atoms with van der Waals surface area (Å²) in [6.45, 7) is 2.36. The third kappa shape index (κ3) is 5.83. The number of piperidine rings is 1. The standard InChI is InChI=1S/C22H28N4O5S/c1-16(21(27)24-14-17-9-11-23-12-10-17)25-22(28)18-4-3-13-26(15-18)32(29,30)20-7-5-19(31-2)6-8-20/h5-12,16,18H,3-4,13-15H2,1-2H3,(H,24,27)(H,25,28)/t16-,18+/m1/s1. The summed E-state index contributed by atoms with van der Waals surface area (Å²) in [7, 11) is -2.21. The molecular weight excluding hydrogens is 432 g/mol. The van der Waals surface area contributed by atoms with Crippen LogP contribution in [0.3, 0.4) is 0 Å². The van der Waals surface area contributed by atoms with Gasteiger partial charge in [0.2, 0.25) is 21.8 Å². The minimum atomic E-state index is -3.72. The number of benzene rings is 1. The first-order valence-corrected chi connectivity index (χ1v) is 11.9. The molecule has 1 aliphatic heterocycles. The highest BCUT2D eigenvalue weighted by atomic mass is 32.2. The molecule has 2 heterocycles. The van der Waals surface area contributed by atoms with Crippen LogP contribution in [0.15, 0.2) is 53.7 Å². The Bertz CT molecular complexity index is 1030. The Morgan fingerprint density at radius 2 is 1.88 bits per heavy atom. The van der Waals surface area contributed by atoms with Crippen LogP contribution in [-0.4, -0.2) is 55.8 Å². The number of nitrogens with one attached hydrogen (secondary N) is 2. The molecule has 0 radical (unpaired) electrons. The molecule has 9 nitrogen and oxygen atoms in total. The van der Waals surface area contributed by atoms with E-state index in [1.807, 2.05) is 0 Å². The number of carbonyl (C=O) groups excluding carboxylic acids is 2. The van der Waals surface area contributed by atoms with Crippen molar-refractivity contribution in [3.05, 3.63) is 54.4 Å². The molecule has 1 fully saturated rings. The van der Waals surface area contributed by atoms with Crippen molar-refractivity contribution in [2.24, 2.45) is 5.92 Å². The van der Waals surface area contributed by atoms with Crippen LogP contribution in [0.5, 0.6) is 5.75 Å². The fraction of sp³-hybridized carbons (Fsp3) is 0.409. The molecule has 1 aromatic heterocycles. The van der Waals surface area contributed by atoms with E-state index in [4.69, 9.17) is 4.74 Å². The summed E-state index contributed by atoms with van der Waals surface area (Å²) in [6.07, 6.45) is 4.41. The highest BCUT2D eigenvalue weighted by molar-refractivity contribution is 7.89. The zero-order chi connectivity index (χ0) is 23.1. The lowest BCUT2D eigenvalue weighted by atomic mass is 9.98. The fourth-order valence-corrected chi connectivity index (χ4v) is 5.04. The molecule has 0 aliphatic carbocycles. The van der Waals surface area contributed by atoms with Crippen LogP contribution in [0.25, 0.3) is 0 Å². The van der Waals surface area contributed by atoms with Crippen LogP contribution in [0.1, 0.15) is 25.3 Å². The first-order chi connectivity index (χ1) is 15.3. The van der Waals surface area contributed by atoms with E-state index >= 15 is 0 Å². The molecule has 3 rings (SSSR count). The van der Waals surface area contributed by atoms with Crippen molar-refractivity contribution in [3.63, 3.8) is 0 Å². The van der Waals surface area contributed by atoms with Gasteiger partial charge in [0, 0.05) is 32.0 Å². The van der Waals surface area contributed by atoms with Crippen LogP contribution < -0.4 is 15.4 Å². The second kappa shape index (κ2) is 10.6. The Morgan fingerprint density at radius 3 is 2.53 bits per heavy atom. The summed E-state index contributed by atoms with van der Waals surface area (Å²) in [4.78, 5) is 29.2. The maximum Gasteiger partial charge on any atom is 0.243 e. The fourth-order valence-electron chi connectivity index (χ4n) is 3.51. The molecule has 2 aromatic rings. The van der Waals surface area contributed by atoms with Crippen LogP contribution in [-0.2, 0) is 26.2 Å². The predicted octanol–water partition coefficient (Wildman–Crippen LogP) is 1.31. The summed E-state index contributed by atoms with van der Waals surface area (Å²) < 4.78 is 32.4. The monoisotopic (exact) mass is 460 g/mol. The van der Waals surface area contributed by atoms with E-state index in [0.717, 1.165) is 5.56 Å². The molecule has 0 bridgehead atoms. The number of pyridine rings is 1. The number of methoxy groups -OCH3 is 1. The van der Waals surface area contributed by atoms with Crippen molar-refractivity contribution in [2.75, 3.05) is 20.2 Å². The normalized spacial score (nSPS) is 17.9. The van der Waals surface area contributed by atoms with E-state index in [-0.39, 0.29) is 23.3 Å². The van der Waals surface area contributed by atoms with E-state index in [1.165, 1.54) is 23.5 Å². The average Bonchev–Trinajstić information content (AvgIpc) is 2.83. The zero-order valence-corrected chi connectivity index (χ0v) is 19.0. The lowest BCUT2D eigenvalue weighted by Crippen LogP contribution is -2.50. The molecule has 1 saturated heterocycles. The lowest BCUT2D eigenvalue weighted by molar-refractivity contribution is -0.131. The number of nitrogens with zero attached hydrogens (tertiary/aromatic N) is 2. The second-order valence-corrected chi connectivity index (χ2v) is 9.62. The number of rotatable bonds is 8. The smallest absolute Gasteiger partial charge is 0.243 e. The molecule has 172 valence electrons. The Kier molecular flexibility index (Phi) is 7.81. The van der Waals surface area contributed by atoms with Crippen LogP contribution in [0, 0.1) is 5.92 Å². The van der Waals surface area contributed by atoms with Crippen molar-refractivity contribution >= 4 is 21.8 Å². The number of sulfonamides is 1. The van der Waals surface area contributed by atoms with Crippen molar-refractivity contribution < 1.29 is 22.7 Å². The molecular formula is C22H28N4O5S. The van der Waals surface area contributed by atoms with Gasteiger partial charge in [0.25, 0.3) is 0 Å². The predicted molar refractivity (Wildman–Crippen MR) is 118 cm³/mol. The van der Waals surface area contributed by atoms with Gasteiger partial charge in [-0.3, -0.25) is 14.6 Å². The SMILES string of the molecule is COc1ccc(S(=O)(=O)N2CCC[C@H](C(=O)N[C@H](C)C(=O)NCc3ccncc3)C2)cc1. The van der Waals surface area contributed by atoms with E-state index < -0.39 is 22.0 Å². The maximum atomic E-state index is 13.0. The maximum absolute atomic E-state index is 13.0. The van der Waals surface area contributed by atoms with E-state index in [2.05, 4.69) is 15.6 Å². The molecule has 0 saturated carbocycles. The summed E-state index contributed by atoms with van der Waals surface area (Å²) in [5.74, 6) is -0.594. The number of amides is 2. The van der Waals surface area contributed by atoms with Gasteiger partial charge in [-0.15, -0.1) is 0 Å². The van der Waals surface area contributed by atoms with Crippen LogP contribution >= 0.6 is 0 Å². The topological polar surface area (TPSA) is 118 Å². The largest absolute Gasteiger partial charge is 0.497 e. The number of carbonyl (C=O) groups is 2. The number of aromatic nitrogens is 1. The van der Waals surface area contributed by atoms with E-state index in [1.54, 1.807) is 43.6 Å². The average molecular weight is 461 g/mol. The Balaban J connectivity index is 1.56. The quantitative estimate of drug-likeness (QED) is 0.613. The Labute approximate surface area is 188 Å². The van der Waals surface area contributed by atoms with Gasteiger partial charge in [-0.1, -0.05) is 0 Å². The van der Waals surface area contributed by atoms with Gasteiger partial charge in [0.15, 0.2) is 0 Å². The van der Waals surface area contributed by atoms with E-state index in [0.29, 0.717) is 31.7 Å². The zero-order valence-electron chi connectivity index (χ0n) is 18.2. The Hall–Kier alpha value is -2.98. The van der Waals surface area contributed by atoms with Crippen molar-refractivity contribution in [3.8, 4) is 5.75 Å². The molecule has 32 heavy (non-hydrogen) atoms. The summed E-state index contributed by atoms with van der Waals surface area (Å²) >= 11 is 0. The van der Waals surface area contributed by atoms with E-state index in [9.17, 15) is 18.0 Å². The van der Waals surface area contributed by atoms with Crippen molar-refractivity contribution in [1.29, 1.82) is 0 Å². The summed E-state index contributed by atoms with van der Waals surface area (Å²) in [5.41, 5.74) is 0.901. The molecule has 2 N–H and O–H groups in total. The molecule has 1 aromatic carbocycles. The lowest BCUT2D eigenvalue weighted by Gasteiger charge is -2.31. The minimum absolute atomic E-state index is 0.0750. The van der Waals surface area contributed by atoms with Crippen molar-refractivity contribution in [2.45, 2.75) is 37.2 Å². The summed E-state index contributed by atoms with van der Waals surface area (Å²) in [5, 5.41) is 5.48. The number of hydrogen-bond acceptors (Lipinski definition) is 6. The molecule has 1 aliphatic rings. The van der Waals surface area contributed by atoms with Gasteiger partial charge in [-0.25, -0.2) is 8.42 Å². The molecule has 0 unspecified atom stereocenters. The third-order valence-electron chi connectivity index (χ3n) is 5.42. The Morgan fingerprint density at radius 1 is 1.19 bits per heavy atom. The molecule has 2 amide bonds.